The number of halogens is 1. The Labute approximate surface area is 127 Å². The fourth-order valence-electron chi connectivity index (χ4n) is 2.25. The number of aromatic nitrogens is 2. The Hall–Kier alpha value is -1.33. The van der Waals surface area contributed by atoms with Crippen LogP contribution in [-0.4, -0.2) is 16.6 Å². The highest BCUT2D eigenvalue weighted by Crippen LogP contribution is 2.35. The van der Waals surface area contributed by atoms with Crippen LogP contribution in [0.4, 0.5) is 0 Å². The Morgan fingerprint density at radius 3 is 3.05 bits per heavy atom. The van der Waals surface area contributed by atoms with Crippen LogP contribution in [0, 0.1) is 0 Å². The third-order valence-corrected chi connectivity index (χ3v) is 4.23. The number of nitrogens with zero attached hydrogens (tertiary/aromatic N) is 2. The van der Waals surface area contributed by atoms with E-state index in [0.717, 1.165) is 22.5 Å². The lowest BCUT2D eigenvalue weighted by Gasteiger charge is -2.11. The molecule has 0 radical (unpaired) electrons. The Morgan fingerprint density at radius 1 is 1.45 bits per heavy atom. The number of nitrogens with one attached hydrogen (secondary N) is 1. The molecule has 1 heterocycles. The molecule has 1 aromatic carbocycles. The maximum atomic E-state index is 5.90. The van der Waals surface area contributed by atoms with E-state index in [1.807, 2.05) is 31.7 Å². The molecule has 0 amide bonds. The van der Waals surface area contributed by atoms with E-state index in [4.69, 9.17) is 4.74 Å². The van der Waals surface area contributed by atoms with E-state index in [0.29, 0.717) is 12.6 Å². The third-order valence-electron chi connectivity index (χ3n) is 3.46. The van der Waals surface area contributed by atoms with E-state index in [2.05, 4.69) is 36.9 Å². The van der Waals surface area contributed by atoms with Gasteiger partial charge < -0.3 is 14.6 Å². The molecule has 5 heteroatoms. The number of benzene rings is 1. The summed E-state index contributed by atoms with van der Waals surface area (Å²) < 4.78 is 9.23. The molecule has 106 valence electrons. The summed E-state index contributed by atoms with van der Waals surface area (Å²) in [5.41, 5.74) is 2.34. The minimum atomic E-state index is 0.567. The molecule has 0 atom stereocenters. The topological polar surface area (TPSA) is 39.1 Å². The first-order valence-corrected chi connectivity index (χ1v) is 7.64. The molecule has 0 spiro atoms. The molecule has 4 nitrogen and oxygen atoms in total. The van der Waals surface area contributed by atoms with Crippen LogP contribution < -0.4 is 10.1 Å². The van der Waals surface area contributed by atoms with Crippen LogP contribution >= 0.6 is 15.9 Å². The summed E-state index contributed by atoms with van der Waals surface area (Å²) in [6.07, 6.45) is 6.32. The van der Waals surface area contributed by atoms with Crippen LogP contribution in [0.3, 0.4) is 0 Å². The predicted molar refractivity (Wildman–Crippen MR) is 81.7 cm³/mol. The van der Waals surface area contributed by atoms with Crippen LogP contribution in [0.25, 0.3) is 0 Å². The number of imidazole rings is 1. The average Bonchev–Trinajstić information content (AvgIpc) is 3.19. The highest BCUT2D eigenvalue weighted by molar-refractivity contribution is 9.10. The number of hydrogen-bond acceptors (Lipinski definition) is 3. The van der Waals surface area contributed by atoms with E-state index in [1.165, 1.54) is 18.4 Å². The standard InChI is InChI=1S/C15H18BrN3O/c1-17-7-11-6-14(4-5-15(11)16)20-9-13-8-18-10-19(13)12-2-3-12/h4-6,8,10,12,17H,2-3,7,9H2,1H3. The quantitative estimate of drug-likeness (QED) is 0.880. The van der Waals surface area contributed by atoms with Crippen LogP contribution in [0.2, 0.25) is 0 Å². The second kappa shape index (κ2) is 5.97. The smallest absolute Gasteiger partial charge is 0.130 e. The molecule has 0 saturated heterocycles. The second-order valence-electron chi connectivity index (χ2n) is 5.10. The van der Waals surface area contributed by atoms with Gasteiger partial charge >= 0.3 is 0 Å². The SMILES string of the molecule is CNCc1cc(OCc2cncn2C2CC2)ccc1Br. The van der Waals surface area contributed by atoms with Crippen LogP contribution in [0.1, 0.15) is 30.1 Å². The van der Waals surface area contributed by atoms with Gasteiger partial charge in [-0.15, -0.1) is 0 Å². The van der Waals surface area contributed by atoms with Gasteiger partial charge in [-0.05, 0) is 43.7 Å². The summed E-state index contributed by atoms with van der Waals surface area (Å²) >= 11 is 3.55. The van der Waals surface area contributed by atoms with Gasteiger partial charge in [-0.2, -0.15) is 0 Å². The Kier molecular flexibility index (Phi) is 4.08. The van der Waals surface area contributed by atoms with Crippen molar-refractivity contribution < 1.29 is 4.74 Å². The molecule has 1 aliphatic carbocycles. The summed E-state index contributed by atoms with van der Waals surface area (Å²) in [7, 11) is 1.94. The summed E-state index contributed by atoms with van der Waals surface area (Å²) in [4.78, 5) is 4.22. The lowest BCUT2D eigenvalue weighted by Crippen LogP contribution is -2.07. The lowest BCUT2D eigenvalue weighted by atomic mass is 10.2. The van der Waals surface area contributed by atoms with Crippen molar-refractivity contribution in [3.8, 4) is 5.75 Å². The van der Waals surface area contributed by atoms with Gasteiger partial charge in [-0.25, -0.2) is 4.98 Å². The molecule has 2 aromatic rings. The Bertz CT molecular complexity index is 593. The molecular formula is C15H18BrN3O. The van der Waals surface area contributed by atoms with Gasteiger partial charge in [0.1, 0.15) is 12.4 Å². The van der Waals surface area contributed by atoms with Crippen LogP contribution in [0.5, 0.6) is 5.75 Å². The van der Waals surface area contributed by atoms with E-state index >= 15 is 0 Å². The second-order valence-corrected chi connectivity index (χ2v) is 5.95. The fourth-order valence-corrected chi connectivity index (χ4v) is 2.64. The molecule has 1 fully saturated rings. The van der Waals surface area contributed by atoms with Crippen LogP contribution in [0.15, 0.2) is 35.2 Å². The van der Waals surface area contributed by atoms with Gasteiger partial charge in [0.05, 0.1) is 18.2 Å². The summed E-state index contributed by atoms with van der Waals surface area (Å²) in [5.74, 6) is 0.891. The molecule has 20 heavy (non-hydrogen) atoms. The highest BCUT2D eigenvalue weighted by Gasteiger charge is 2.25. The molecule has 0 bridgehead atoms. The van der Waals surface area contributed by atoms with Gasteiger partial charge in [0.25, 0.3) is 0 Å². The molecule has 0 aliphatic heterocycles. The van der Waals surface area contributed by atoms with Crippen molar-refractivity contribution in [1.29, 1.82) is 0 Å². The van der Waals surface area contributed by atoms with E-state index in [9.17, 15) is 0 Å². The minimum Gasteiger partial charge on any atom is -0.487 e. The first-order chi connectivity index (χ1) is 9.78. The van der Waals surface area contributed by atoms with Crippen LogP contribution in [-0.2, 0) is 13.2 Å². The minimum absolute atomic E-state index is 0.567. The maximum absolute atomic E-state index is 5.90. The van der Waals surface area contributed by atoms with E-state index in [1.54, 1.807) is 0 Å². The largest absolute Gasteiger partial charge is 0.487 e. The summed E-state index contributed by atoms with van der Waals surface area (Å²) in [5, 5.41) is 3.15. The van der Waals surface area contributed by atoms with Crippen molar-refractivity contribution in [2.75, 3.05) is 7.05 Å². The molecule has 1 aromatic heterocycles. The maximum Gasteiger partial charge on any atom is 0.130 e. The van der Waals surface area contributed by atoms with E-state index < -0.39 is 0 Å². The van der Waals surface area contributed by atoms with Crippen molar-refractivity contribution in [2.24, 2.45) is 0 Å². The predicted octanol–water partition coefficient (Wildman–Crippen LogP) is 3.28. The van der Waals surface area contributed by atoms with Gasteiger partial charge in [-0.1, -0.05) is 15.9 Å². The molecule has 3 rings (SSSR count). The first kappa shape index (κ1) is 13.6. The lowest BCUT2D eigenvalue weighted by molar-refractivity contribution is 0.294. The van der Waals surface area contributed by atoms with Crippen molar-refractivity contribution in [3.05, 3.63) is 46.5 Å². The van der Waals surface area contributed by atoms with Crippen molar-refractivity contribution >= 4 is 15.9 Å². The van der Waals surface area contributed by atoms with Gasteiger partial charge in [0.2, 0.25) is 0 Å². The molecule has 1 N–H and O–H groups in total. The zero-order chi connectivity index (χ0) is 13.9. The number of rotatable bonds is 6. The first-order valence-electron chi connectivity index (χ1n) is 6.84. The van der Waals surface area contributed by atoms with Crippen molar-refractivity contribution in [3.63, 3.8) is 0 Å². The average molecular weight is 336 g/mol. The van der Waals surface area contributed by atoms with E-state index in [-0.39, 0.29) is 0 Å². The molecular weight excluding hydrogens is 318 g/mol. The molecule has 0 unspecified atom stereocenters. The Balaban J connectivity index is 1.68. The van der Waals surface area contributed by atoms with Crippen molar-refractivity contribution in [2.45, 2.75) is 32.0 Å². The van der Waals surface area contributed by atoms with Gasteiger partial charge in [-0.3, -0.25) is 0 Å². The highest BCUT2D eigenvalue weighted by atomic mass is 79.9. The Morgan fingerprint density at radius 2 is 2.30 bits per heavy atom. The zero-order valence-corrected chi connectivity index (χ0v) is 13.1. The monoisotopic (exact) mass is 335 g/mol. The zero-order valence-electron chi connectivity index (χ0n) is 11.5. The molecule has 1 aliphatic rings. The molecule has 1 saturated carbocycles. The normalized spacial score (nSPS) is 14.5. The fraction of sp³-hybridized carbons (Fsp3) is 0.400. The number of hydrogen-bond donors (Lipinski definition) is 1. The third kappa shape index (κ3) is 3.04. The number of ether oxygens (including phenoxy) is 1. The summed E-state index contributed by atoms with van der Waals surface area (Å²) in [6.45, 7) is 1.38. The van der Waals surface area contributed by atoms with Gasteiger partial charge in [0.15, 0.2) is 0 Å². The van der Waals surface area contributed by atoms with Gasteiger partial charge in [0, 0.05) is 17.1 Å². The van der Waals surface area contributed by atoms with Crippen molar-refractivity contribution in [1.82, 2.24) is 14.9 Å². The summed E-state index contributed by atoms with van der Waals surface area (Å²) in [6, 6.07) is 6.72.